The van der Waals surface area contributed by atoms with Crippen LogP contribution in [0.1, 0.15) is 19.4 Å². The molecule has 0 fully saturated rings. The van der Waals surface area contributed by atoms with Crippen LogP contribution in [0.25, 0.3) is 0 Å². The maximum absolute atomic E-state index is 10.2. The molecule has 0 unspecified atom stereocenters. The SMILES string of the molecule is CCO[Si](O)(Cc1ccccc1)OCC. The standard InChI is InChI=1S/C11H18O3Si/c1-3-13-15(12,14-4-2)10-11-8-6-5-7-9-11/h5-9,12H,3-4,10H2,1-2H3. The molecule has 1 aromatic rings. The van der Waals surface area contributed by atoms with Crippen LogP contribution in [0.5, 0.6) is 0 Å². The Morgan fingerprint density at radius 3 is 2.07 bits per heavy atom. The van der Waals surface area contributed by atoms with Gasteiger partial charge < -0.3 is 13.6 Å². The van der Waals surface area contributed by atoms with Crippen LogP contribution in [-0.2, 0) is 14.9 Å². The van der Waals surface area contributed by atoms with Gasteiger partial charge in [-0.3, -0.25) is 0 Å². The molecule has 0 atom stereocenters. The van der Waals surface area contributed by atoms with Gasteiger partial charge in [0, 0.05) is 19.3 Å². The summed E-state index contributed by atoms with van der Waals surface area (Å²) in [5, 5.41) is 0. The summed E-state index contributed by atoms with van der Waals surface area (Å²) in [5.74, 6) is 0. The summed E-state index contributed by atoms with van der Waals surface area (Å²) in [4.78, 5) is 10.2. The zero-order valence-corrected chi connectivity index (χ0v) is 10.3. The van der Waals surface area contributed by atoms with E-state index in [1.54, 1.807) is 0 Å². The van der Waals surface area contributed by atoms with Gasteiger partial charge in [-0.2, -0.15) is 0 Å². The first-order valence-corrected chi connectivity index (χ1v) is 7.21. The molecular formula is C11H18O3Si. The second-order valence-electron chi connectivity index (χ2n) is 3.24. The molecule has 0 amide bonds. The third-order valence-corrected chi connectivity index (χ3v) is 4.34. The van der Waals surface area contributed by atoms with Crippen LogP contribution in [-0.4, -0.2) is 26.8 Å². The molecule has 3 nitrogen and oxygen atoms in total. The van der Waals surface area contributed by atoms with E-state index >= 15 is 0 Å². The number of hydrogen-bond acceptors (Lipinski definition) is 3. The van der Waals surface area contributed by atoms with Crippen molar-refractivity contribution in [2.75, 3.05) is 13.2 Å². The quantitative estimate of drug-likeness (QED) is 0.751. The molecule has 0 bridgehead atoms. The van der Waals surface area contributed by atoms with Crippen LogP contribution in [0.15, 0.2) is 30.3 Å². The molecule has 0 saturated carbocycles. The Kier molecular flexibility index (Phi) is 4.97. The normalized spacial score (nSPS) is 11.7. The topological polar surface area (TPSA) is 38.7 Å². The van der Waals surface area contributed by atoms with E-state index in [0.717, 1.165) is 5.56 Å². The summed E-state index contributed by atoms with van der Waals surface area (Å²) in [6, 6.07) is 10.3. The lowest BCUT2D eigenvalue weighted by molar-refractivity contribution is 0.107. The molecule has 0 aliphatic rings. The number of rotatable bonds is 6. The summed E-state index contributed by atoms with van der Waals surface area (Å²) in [6.07, 6.45) is 0. The van der Waals surface area contributed by atoms with E-state index in [9.17, 15) is 4.80 Å². The van der Waals surface area contributed by atoms with Crippen LogP contribution >= 0.6 is 0 Å². The fourth-order valence-electron chi connectivity index (χ4n) is 1.45. The van der Waals surface area contributed by atoms with Gasteiger partial charge in [0.1, 0.15) is 0 Å². The predicted octanol–water partition coefficient (Wildman–Crippen LogP) is 1.77. The van der Waals surface area contributed by atoms with E-state index in [4.69, 9.17) is 8.85 Å². The highest BCUT2D eigenvalue weighted by molar-refractivity contribution is 6.58. The van der Waals surface area contributed by atoms with Gasteiger partial charge in [0.15, 0.2) is 0 Å². The van der Waals surface area contributed by atoms with E-state index in [0.29, 0.717) is 19.3 Å². The smallest absolute Gasteiger partial charge is 0.389 e. The molecular weight excluding hydrogens is 208 g/mol. The van der Waals surface area contributed by atoms with Crippen molar-refractivity contribution in [3.8, 4) is 0 Å². The molecule has 84 valence electrons. The zero-order chi connectivity index (χ0) is 11.1. The molecule has 1 aromatic carbocycles. The molecule has 0 heterocycles. The molecule has 0 aliphatic carbocycles. The maximum Gasteiger partial charge on any atom is 0.502 e. The summed E-state index contributed by atoms with van der Waals surface area (Å²) < 4.78 is 10.7. The van der Waals surface area contributed by atoms with Crippen molar-refractivity contribution in [3.05, 3.63) is 35.9 Å². The van der Waals surface area contributed by atoms with E-state index < -0.39 is 8.80 Å². The molecule has 0 radical (unpaired) electrons. The van der Waals surface area contributed by atoms with Crippen molar-refractivity contribution in [2.45, 2.75) is 19.9 Å². The molecule has 4 heteroatoms. The van der Waals surface area contributed by atoms with Crippen molar-refractivity contribution < 1.29 is 13.6 Å². The third-order valence-electron chi connectivity index (χ3n) is 2.01. The first-order chi connectivity index (χ1) is 7.20. The molecule has 1 rings (SSSR count). The largest absolute Gasteiger partial charge is 0.502 e. The second kappa shape index (κ2) is 6.02. The Hall–Kier alpha value is -0.683. The molecule has 0 aliphatic heterocycles. The Morgan fingerprint density at radius 2 is 1.60 bits per heavy atom. The molecule has 1 N–H and O–H groups in total. The lowest BCUT2D eigenvalue weighted by Crippen LogP contribution is -2.45. The lowest BCUT2D eigenvalue weighted by Gasteiger charge is -2.22. The summed E-state index contributed by atoms with van der Waals surface area (Å²) >= 11 is 0. The van der Waals surface area contributed by atoms with Crippen molar-refractivity contribution in [1.82, 2.24) is 0 Å². The summed E-state index contributed by atoms with van der Waals surface area (Å²) in [7, 11) is -2.99. The van der Waals surface area contributed by atoms with Gasteiger partial charge in [-0.15, -0.1) is 0 Å². The molecule has 0 saturated heterocycles. The van der Waals surface area contributed by atoms with Crippen molar-refractivity contribution in [3.63, 3.8) is 0 Å². The Labute approximate surface area is 92.0 Å². The van der Waals surface area contributed by atoms with Crippen LogP contribution in [0.4, 0.5) is 0 Å². The van der Waals surface area contributed by atoms with Crippen molar-refractivity contribution in [2.24, 2.45) is 0 Å². The summed E-state index contributed by atoms with van der Waals surface area (Å²) in [6.45, 7) is 4.69. The summed E-state index contributed by atoms with van der Waals surface area (Å²) in [5.41, 5.74) is 1.05. The minimum absolute atomic E-state index is 0.482. The van der Waals surface area contributed by atoms with Gasteiger partial charge in [0.2, 0.25) is 0 Å². The van der Waals surface area contributed by atoms with Crippen molar-refractivity contribution >= 4 is 8.80 Å². The average molecular weight is 226 g/mol. The second-order valence-corrected chi connectivity index (χ2v) is 5.60. The minimum atomic E-state index is -2.99. The Morgan fingerprint density at radius 1 is 1.07 bits per heavy atom. The van der Waals surface area contributed by atoms with Gasteiger partial charge in [0.05, 0.1) is 0 Å². The van der Waals surface area contributed by atoms with Crippen molar-refractivity contribution in [1.29, 1.82) is 0 Å². The van der Waals surface area contributed by atoms with Gasteiger partial charge in [0.25, 0.3) is 0 Å². The van der Waals surface area contributed by atoms with E-state index in [2.05, 4.69) is 0 Å². The lowest BCUT2D eigenvalue weighted by atomic mass is 10.2. The highest BCUT2D eigenvalue weighted by atomic mass is 28.4. The maximum atomic E-state index is 10.2. The zero-order valence-electron chi connectivity index (χ0n) is 9.27. The van der Waals surface area contributed by atoms with Crippen LogP contribution in [0.2, 0.25) is 0 Å². The van der Waals surface area contributed by atoms with E-state index in [-0.39, 0.29) is 0 Å². The number of hydrogen-bond donors (Lipinski definition) is 1. The van der Waals surface area contributed by atoms with Gasteiger partial charge in [-0.05, 0) is 19.4 Å². The minimum Gasteiger partial charge on any atom is -0.389 e. The molecule has 0 aromatic heterocycles. The van der Waals surface area contributed by atoms with Crippen LogP contribution < -0.4 is 0 Å². The fourth-order valence-corrected chi connectivity index (χ4v) is 3.39. The predicted molar refractivity (Wildman–Crippen MR) is 61.4 cm³/mol. The first kappa shape index (κ1) is 12.4. The van der Waals surface area contributed by atoms with Crippen LogP contribution in [0.3, 0.4) is 0 Å². The van der Waals surface area contributed by atoms with E-state index in [1.165, 1.54) is 0 Å². The average Bonchev–Trinajstić information content (AvgIpc) is 2.19. The Balaban J connectivity index is 2.66. The number of benzene rings is 1. The fraction of sp³-hybridized carbons (Fsp3) is 0.455. The van der Waals surface area contributed by atoms with Gasteiger partial charge in [-0.1, -0.05) is 30.3 Å². The van der Waals surface area contributed by atoms with E-state index in [1.807, 2.05) is 44.2 Å². The highest BCUT2D eigenvalue weighted by Gasteiger charge is 2.36. The first-order valence-electron chi connectivity index (χ1n) is 5.24. The molecule has 15 heavy (non-hydrogen) atoms. The highest BCUT2D eigenvalue weighted by Crippen LogP contribution is 2.12. The Bertz CT molecular complexity index is 270. The molecule has 0 spiro atoms. The third kappa shape index (κ3) is 4.13. The van der Waals surface area contributed by atoms with Gasteiger partial charge >= 0.3 is 8.80 Å². The van der Waals surface area contributed by atoms with Gasteiger partial charge in [-0.25, -0.2) is 0 Å². The van der Waals surface area contributed by atoms with Crippen LogP contribution in [0, 0.1) is 0 Å². The monoisotopic (exact) mass is 226 g/mol.